The van der Waals surface area contributed by atoms with Gasteiger partial charge in [0.25, 0.3) is 0 Å². The molecule has 0 aromatic heterocycles. The maximum Gasteiger partial charge on any atom is 0.0627 e. The average Bonchev–Trinajstić information content (AvgIpc) is 2.84. The minimum Gasteiger partial charge on any atom is -0.198 e. The number of hydrogen-bond donors (Lipinski definition) is 0. The molecule has 14 heavy (non-hydrogen) atoms. The normalized spacial score (nSPS) is 20.2. The first kappa shape index (κ1) is 11.3. The lowest BCUT2D eigenvalue weighted by molar-refractivity contribution is 0.145. The van der Waals surface area contributed by atoms with Crippen molar-refractivity contribution < 1.29 is 0 Å². The van der Waals surface area contributed by atoms with E-state index in [2.05, 4.69) is 45.9 Å². The molecule has 0 radical (unpaired) electrons. The van der Waals surface area contributed by atoms with E-state index >= 15 is 0 Å². The van der Waals surface area contributed by atoms with Crippen LogP contribution in [-0.4, -0.2) is 0 Å². The molecule has 0 saturated heterocycles. The average molecular weight is 191 g/mol. The number of nitrogens with zero attached hydrogens (tertiary/aromatic N) is 1. The van der Waals surface area contributed by atoms with E-state index in [4.69, 9.17) is 5.26 Å². The zero-order valence-electron chi connectivity index (χ0n) is 9.80. The van der Waals surface area contributed by atoms with Crippen LogP contribution in [0.1, 0.15) is 47.0 Å². The van der Waals surface area contributed by atoms with Crippen LogP contribution >= 0.6 is 0 Å². The molecule has 0 saturated carbocycles. The lowest BCUT2D eigenvalue weighted by atomic mass is 9.65. The smallest absolute Gasteiger partial charge is 0.0627 e. The van der Waals surface area contributed by atoms with E-state index in [9.17, 15) is 0 Å². The Morgan fingerprint density at radius 1 is 1.43 bits per heavy atom. The van der Waals surface area contributed by atoms with E-state index in [0.29, 0.717) is 12.3 Å². The maximum atomic E-state index is 8.83. The predicted octanol–water partition coefficient (Wildman–Crippen LogP) is 3.92. The highest BCUT2D eigenvalue weighted by Crippen LogP contribution is 2.58. The largest absolute Gasteiger partial charge is 0.198 e. The molecule has 0 amide bonds. The van der Waals surface area contributed by atoms with Crippen LogP contribution in [-0.2, 0) is 0 Å². The third-order valence-electron chi connectivity index (χ3n) is 3.76. The molecule has 0 aromatic rings. The zero-order valence-corrected chi connectivity index (χ0v) is 9.80. The van der Waals surface area contributed by atoms with Crippen molar-refractivity contribution in [1.82, 2.24) is 0 Å². The van der Waals surface area contributed by atoms with E-state index in [1.807, 2.05) is 0 Å². The molecule has 0 bridgehead atoms. The Morgan fingerprint density at radius 2 is 2.00 bits per heavy atom. The second-order valence-corrected chi connectivity index (χ2v) is 5.17. The highest BCUT2D eigenvalue weighted by molar-refractivity contribution is 5.32. The monoisotopic (exact) mass is 191 g/mol. The van der Waals surface area contributed by atoms with Crippen LogP contribution in [0.5, 0.6) is 0 Å². The van der Waals surface area contributed by atoms with E-state index in [-0.39, 0.29) is 10.8 Å². The van der Waals surface area contributed by atoms with Gasteiger partial charge in [0.1, 0.15) is 0 Å². The van der Waals surface area contributed by atoms with Gasteiger partial charge in [-0.2, -0.15) is 5.26 Å². The van der Waals surface area contributed by atoms with Crippen molar-refractivity contribution in [2.45, 2.75) is 47.0 Å². The molecule has 78 valence electrons. The van der Waals surface area contributed by atoms with E-state index in [1.165, 1.54) is 12.8 Å². The Hall–Kier alpha value is -0.770. The van der Waals surface area contributed by atoms with Crippen LogP contribution in [0.15, 0.2) is 12.2 Å². The summed E-state index contributed by atoms with van der Waals surface area (Å²) >= 11 is 0. The maximum absolute atomic E-state index is 8.83. The molecule has 0 heterocycles. The summed E-state index contributed by atoms with van der Waals surface area (Å²) in [4.78, 5) is 0. The fourth-order valence-electron chi connectivity index (χ4n) is 2.56. The number of nitriles is 1. The second kappa shape index (κ2) is 3.77. The molecule has 0 spiro atoms. The van der Waals surface area contributed by atoms with E-state index < -0.39 is 0 Å². The van der Waals surface area contributed by atoms with Crippen molar-refractivity contribution in [3.8, 4) is 6.07 Å². The minimum atomic E-state index is 0.107. The van der Waals surface area contributed by atoms with Crippen LogP contribution in [0.25, 0.3) is 0 Å². The first-order valence-electron chi connectivity index (χ1n) is 5.57. The summed E-state index contributed by atoms with van der Waals surface area (Å²) in [5.74, 6) is 0.677. The Balaban J connectivity index is 2.70. The molecule has 0 unspecified atom stereocenters. The molecule has 1 aliphatic rings. The topological polar surface area (TPSA) is 23.8 Å². The van der Waals surface area contributed by atoms with Gasteiger partial charge in [-0.3, -0.25) is 0 Å². The second-order valence-electron chi connectivity index (χ2n) is 5.17. The van der Waals surface area contributed by atoms with Gasteiger partial charge in [0.05, 0.1) is 6.07 Å². The summed E-state index contributed by atoms with van der Waals surface area (Å²) in [6.45, 7) is 8.96. The van der Waals surface area contributed by atoms with Gasteiger partial charge in [0.2, 0.25) is 0 Å². The van der Waals surface area contributed by atoms with Gasteiger partial charge in [0, 0.05) is 11.8 Å². The van der Waals surface area contributed by atoms with Crippen molar-refractivity contribution in [2.75, 3.05) is 0 Å². The standard InChI is InChI=1S/C13H21N/c1-5-6-11(2)13(7-8-13)12(3,4)9-10-14/h7-8,11H,5-6,9H2,1-4H3/t11-/m0/s1. The van der Waals surface area contributed by atoms with Crippen molar-refractivity contribution >= 4 is 0 Å². The van der Waals surface area contributed by atoms with Crippen molar-refractivity contribution in [1.29, 1.82) is 5.26 Å². The van der Waals surface area contributed by atoms with Crippen LogP contribution < -0.4 is 0 Å². The lowest BCUT2D eigenvalue weighted by Gasteiger charge is -2.38. The molecule has 1 nitrogen and oxygen atoms in total. The Morgan fingerprint density at radius 3 is 2.36 bits per heavy atom. The van der Waals surface area contributed by atoms with Gasteiger partial charge >= 0.3 is 0 Å². The Labute approximate surface area is 87.8 Å². The van der Waals surface area contributed by atoms with Gasteiger partial charge in [-0.25, -0.2) is 0 Å². The summed E-state index contributed by atoms with van der Waals surface area (Å²) in [7, 11) is 0. The molecule has 0 N–H and O–H groups in total. The van der Waals surface area contributed by atoms with Gasteiger partial charge in [-0.05, 0) is 17.8 Å². The lowest BCUT2D eigenvalue weighted by Crippen LogP contribution is -2.32. The zero-order chi connectivity index (χ0) is 10.8. The quantitative estimate of drug-likeness (QED) is 0.604. The van der Waals surface area contributed by atoms with Crippen LogP contribution in [0, 0.1) is 28.1 Å². The van der Waals surface area contributed by atoms with Gasteiger partial charge in [-0.1, -0.05) is 46.3 Å². The summed E-state index contributed by atoms with van der Waals surface area (Å²) in [6, 6.07) is 2.31. The SMILES string of the molecule is CCC[C@H](C)C1(C(C)(C)CC#N)C=C1. The molecule has 0 aliphatic heterocycles. The van der Waals surface area contributed by atoms with Crippen LogP contribution in [0.3, 0.4) is 0 Å². The summed E-state index contributed by atoms with van der Waals surface area (Å²) in [5, 5.41) is 8.83. The van der Waals surface area contributed by atoms with Gasteiger partial charge < -0.3 is 0 Å². The van der Waals surface area contributed by atoms with Crippen LogP contribution in [0.4, 0.5) is 0 Å². The molecular formula is C13H21N. The van der Waals surface area contributed by atoms with E-state index in [1.54, 1.807) is 0 Å². The fraction of sp³-hybridized carbons (Fsp3) is 0.769. The van der Waals surface area contributed by atoms with E-state index in [0.717, 1.165) is 0 Å². The Kier molecular flexibility index (Phi) is 3.04. The highest BCUT2D eigenvalue weighted by atomic mass is 14.5. The number of rotatable bonds is 5. The molecule has 1 heteroatoms. The summed E-state index contributed by atoms with van der Waals surface area (Å²) < 4.78 is 0. The molecule has 0 aromatic carbocycles. The third-order valence-corrected chi connectivity index (χ3v) is 3.76. The van der Waals surface area contributed by atoms with Crippen molar-refractivity contribution in [2.24, 2.45) is 16.7 Å². The van der Waals surface area contributed by atoms with Gasteiger partial charge in [-0.15, -0.1) is 0 Å². The molecule has 1 atom stereocenters. The third kappa shape index (κ3) is 1.71. The first-order chi connectivity index (χ1) is 6.50. The van der Waals surface area contributed by atoms with Crippen molar-refractivity contribution in [3.63, 3.8) is 0 Å². The Bertz CT molecular complexity index is 261. The molecule has 1 aliphatic carbocycles. The summed E-state index contributed by atoms with van der Waals surface area (Å²) in [6.07, 6.45) is 7.72. The predicted molar refractivity (Wildman–Crippen MR) is 59.7 cm³/mol. The number of allylic oxidation sites excluding steroid dienone is 2. The summed E-state index contributed by atoms with van der Waals surface area (Å²) in [5.41, 5.74) is 0.342. The molecule has 0 fully saturated rings. The number of hydrogen-bond acceptors (Lipinski definition) is 1. The van der Waals surface area contributed by atoms with Gasteiger partial charge in [0.15, 0.2) is 0 Å². The molecule has 1 rings (SSSR count). The van der Waals surface area contributed by atoms with Crippen LogP contribution in [0.2, 0.25) is 0 Å². The highest BCUT2D eigenvalue weighted by Gasteiger charge is 2.50. The van der Waals surface area contributed by atoms with Crippen molar-refractivity contribution in [3.05, 3.63) is 12.2 Å². The first-order valence-corrected chi connectivity index (χ1v) is 5.57. The minimum absolute atomic E-state index is 0.107. The fourth-order valence-corrected chi connectivity index (χ4v) is 2.56. The molecular weight excluding hydrogens is 170 g/mol.